The molecule has 0 atom stereocenters. The van der Waals surface area contributed by atoms with Crippen molar-refractivity contribution in [2.45, 2.75) is 18.7 Å². The average Bonchev–Trinajstić information content (AvgIpc) is 2.47. The number of pyridine rings is 1. The zero-order chi connectivity index (χ0) is 17.0. The summed E-state index contributed by atoms with van der Waals surface area (Å²) in [7, 11) is -3.81. The Labute approximate surface area is 133 Å². The van der Waals surface area contributed by atoms with Gasteiger partial charge in [0.1, 0.15) is 5.82 Å². The maximum atomic E-state index is 12.3. The van der Waals surface area contributed by atoms with Gasteiger partial charge in [-0.2, -0.15) is 0 Å². The Morgan fingerprint density at radius 1 is 1.17 bits per heavy atom. The van der Waals surface area contributed by atoms with E-state index in [9.17, 15) is 18.5 Å². The standard InChI is InChI=1S/C14H16N4O4S/c1-3-15-14-12(18(19)20)8-9-13(16-14)17-23(21,22)11-6-4-10(2)5-7-11/h4-9H,3H2,1-2H3,(H2,15,16,17). The van der Waals surface area contributed by atoms with Crippen LogP contribution in [0.5, 0.6) is 0 Å². The van der Waals surface area contributed by atoms with Gasteiger partial charge in [-0.3, -0.25) is 14.8 Å². The van der Waals surface area contributed by atoms with E-state index in [1.54, 1.807) is 19.1 Å². The van der Waals surface area contributed by atoms with Gasteiger partial charge in [-0.15, -0.1) is 0 Å². The lowest BCUT2D eigenvalue weighted by molar-refractivity contribution is -0.384. The summed E-state index contributed by atoms with van der Waals surface area (Å²) in [6.45, 7) is 4.03. The zero-order valence-corrected chi connectivity index (χ0v) is 13.4. The molecule has 0 aliphatic carbocycles. The molecule has 23 heavy (non-hydrogen) atoms. The summed E-state index contributed by atoms with van der Waals surface area (Å²) in [6.07, 6.45) is 0. The molecule has 0 saturated carbocycles. The number of benzene rings is 1. The van der Waals surface area contributed by atoms with E-state index in [0.717, 1.165) is 5.56 Å². The Hall–Kier alpha value is -2.68. The van der Waals surface area contributed by atoms with Crippen LogP contribution in [0.3, 0.4) is 0 Å². The molecule has 0 aliphatic heterocycles. The van der Waals surface area contributed by atoms with Gasteiger partial charge in [0, 0.05) is 12.6 Å². The third-order valence-electron chi connectivity index (χ3n) is 2.99. The first-order valence-electron chi connectivity index (χ1n) is 6.82. The van der Waals surface area contributed by atoms with Gasteiger partial charge >= 0.3 is 5.69 Å². The topological polar surface area (TPSA) is 114 Å². The summed E-state index contributed by atoms with van der Waals surface area (Å²) in [6, 6.07) is 8.79. The van der Waals surface area contributed by atoms with Crippen LogP contribution in [0.4, 0.5) is 17.3 Å². The molecule has 2 N–H and O–H groups in total. The maximum Gasteiger partial charge on any atom is 0.311 e. The first-order chi connectivity index (χ1) is 10.8. The van der Waals surface area contributed by atoms with E-state index in [4.69, 9.17) is 0 Å². The summed E-state index contributed by atoms with van der Waals surface area (Å²) in [5.74, 6) is 0.0220. The Morgan fingerprint density at radius 2 is 1.83 bits per heavy atom. The predicted molar refractivity (Wildman–Crippen MR) is 87.0 cm³/mol. The molecule has 1 heterocycles. The van der Waals surface area contributed by atoms with Gasteiger partial charge in [0.15, 0.2) is 0 Å². The molecule has 1 aromatic heterocycles. The second-order valence-electron chi connectivity index (χ2n) is 4.77. The number of aromatic nitrogens is 1. The number of anilines is 2. The molecule has 0 spiro atoms. The first kappa shape index (κ1) is 16.7. The van der Waals surface area contributed by atoms with E-state index in [1.165, 1.54) is 24.3 Å². The van der Waals surface area contributed by atoms with Gasteiger partial charge in [-0.1, -0.05) is 17.7 Å². The van der Waals surface area contributed by atoms with Crippen LogP contribution in [0.1, 0.15) is 12.5 Å². The third kappa shape index (κ3) is 3.95. The van der Waals surface area contributed by atoms with E-state index in [-0.39, 0.29) is 22.2 Å². The highest BCUT2D eigenvalue weighted by Gasteiger charge is 2.19. The Balaban J connectivity index is 2.33. The minimum Gasteiger partial charge on any atom is -0.365 e. The SMILES string of the molecule is CCNc1nc(NS(=O)(=O)c2ccc(C)cc2)ccc1[N+](=O)[O-]. The fraction of sp³-hybridized carbons (Fsp3) is 0.214. The van der Waals surface area contributed by atoms with Crippen molar-refractivity contribution in [3.05, 3.63) is 52.1 Å². The summed E-state index contributed by atoms with van der Waals surface area (Å²) in [5.41, 5.74) is 0.719. The Bertz CT molecular complexity index is 819. The molecular weight excluding hydrogens is 320 g/mol. The molecule has 9 heteroatoms. The fourth-order valence-corrected chi connectivity index (χ4v) is 2.87. The van der Waals surface area contributed by atoms with Crippen LogP contribution in [0.15, 0.2) is 41.3 Å². The second-order valence-corrected chi connectivity index (χ2v) is 6.45. The van der Waals surface area contributed by atoms with Crippen molar-refractivity contribution in [3.8, 4) is 0 Å². The minimum absolute atomic E-state index is 0.00660. The van der Waals surface area contributed by atoms with Crippen molar-refractivity contribution < 1.29 is 13.3 Å². The van der Waals surface area contributed by atoms with Crippen molar-refractivity contribution in [1.29, 1.82) is 0 Å². The molecule has 1 aromatic carbocycles. The summed E-state index contributed by atoms with van der Waals surface area (Å²) in [4.78, 5) is 14.4. The van der Waals surface area contributed by atoms with Crippen LogP contribution >= 0.6 is 0 Å². The Kier molecular flexibility index (Phi) is 4.80. The lowest BCUT2D eigenvalue weighted by atomic mass is 10.2. The number of nitrogens with one attached hydrogen (secondary N) is 2. The summed E-state index contributed by atoms with van der Waals surface area (Å²) >= 11 is 0. The molecule has 0 bridgehead atoms. The quantitative estimate of drug-likeness (QED) is 0.619. The average molecular weight is 336 g/mol. The summed E-state index contributed by atoms with van der Waals surface area (Å²) < 4.78 is 26.9. The number of aryl methyl sites for hydroxylation is 1. The number of sulfonamides is 1. The van der Waals surface area contributed by atoms with E-state index >= 15 is 0 Å². The van der Waals surface area contributed by atoms with Gasteiger partial charge in [0.25, 0.3) is 10.0 Å². The van der Waals surface area contributed by atoms with Crippen LogP contribution in [0.2, 0.25) is 0 Å². The number of hydrogen-bond donors (Lipinski definition) is 2. The maximum absolute atomic E-state index is 12.3. The van der Waals surface area contributed by atoms with Crippen molar-refractivity contribution in [2.75, 3.05) is 16.6 Å². The molecule has 2 rings (SSSR count). The lowest BCUT2D eigenvalue weighted by Crippen LogP contribution is -2.15. The number of nitrogens with zero attached hydrogens (tertiary/aromatic N) is 2. The molecule has 0 amide bonds. The van der Waals surface area contributed by atoms with Gasteiger partial charge in [0.05, 0.1) is 9.82 Å². The fourth-order valence-electron chi connectivity index (χ4n) is 1.87. The van der Waals surface area contributed by atoms with E-state index in [2.05, 4.69) is 15.0 Å². The van der Waals surface area contributed by atoms with Gasteiger partial charge < -0.3 is 5.32 Å². The van der Waals surface area contributed by atoms with Crippen LogP contribution in [0, 0.1) is 17.0 Å². The van der Waals surface area contributed by atoms with Crippen LogP contribution in [-0.2, 0) is 10.0 Å². The van der Waals surface area contributed by atoms with Crippen molar-refractivity contribution in [1.82, 2.24) is 4.98 Å². The second kappa shape index (κ2) is 6.61. The van der Waals surface area contributed by atoms with Crippen LogP contribution in [-0.4, -0.2) is 24.9 Å². The summed E-state index contributed by atoms with van der Waals surface area (Å²) in [5, 5.41) is 13.7. The largest absolute Gasteiger partial charge is 0.365 e. The highest BCUT2D eigenvalue weighted by Crippen LogP contribution is 2.25. The highest BCUT2D eigenvalue weighted by molar-refractivity contribution is 7.92. The van der Waals surface area contributed by atoms with Crippen LogP contribution in [0.25, 0.3) is 0 Å². The molecule has 0 saturated heterocycles. The van der Waals surface area contributed by atoms with E-state index in [0.29, 0.717) is 6.54 Å². The first-order valence-corrected chi connectivity index (χ1v) is 8.30. The molecule has 122 valence electrons. The van der Waals surface area contributed by atoms with E-state index in [1.807, 2.05) is 6.92 Å². The smallest absolute Gasteiger partial charge is 0.311 e. The lowest BCUT2D eigenvalue weighted by Gasteiger charge is -2.09. The van der Waals surface area contributed by atoms with Crippen molar-refractivity contribution in [2.24, 2.45) is 0 Å². The van der Waals surface area contributed by atoms with Crippen LogP contribution < -0.4 is 10.0 Å². The molecule has 0 unspecified atom stereocenters. The normalized spacial score (nSPS) is 11.0. The van der Waals surface area contributed by atoms with Crippen molar-refractivity contribution in [3.63, 3.8) is 0 Å². The molecule has 8 nitrogen and oxygen atoms in total. The number of hydrogen-bond acceptors (Lipinski definition) is 6. The van der Waals surface area contributed by atoms with Crippen molar-refractivity contribution >= 4 is 27.3 Å². The predicted octanol–water partition coefficient (Wildman–Crippen LogP) is 2.53. The molecule has 0 aliphatic rings. The molecule has 0 fully saturated rings. The Morgan fingerprint density at radius 3 is 2.39 bits per heavy atom. The van der Waals surface area contributed by atoms with Gasteiger partial charge in [-0.25, -0.2) is 13.4 Å². The zero-order valence-electron chi connectivity index (χ0n) is 12.6. The van der Waals surface area contributed by atoms with Gasteiger partial charge in [-0.05, 0) is 32.0 Å². The molecule has 0 radical (unpaired) electrons. The molecular formula is C14H16N4O4S. The number of nitro groups is 1. The van der Waals surface area contributed by atoms with Gasteiger partial charge in [0.2, 0.25) is 5.82 Å². The third-order valence-corrected chi connectivity index (χ3v) is 4.36. The highest BCUT2D eigenvalue weighted by atomic mass is 32.2. The molecule has 2 aromatic rings. The number of rotatable bonds is 6. The van der Waals surface area contributed by atoms with E-state index < -0.39 is 14.9 Å². The minimum atomic E-state index is -3.81. The monoisotopic (exact) mass is 336 g/mol.